The minimum atomic E-state index is -0.572. The number of aliphatic hydroxyl groups excluding tert-OH is 1. The van der Waals surface area contributed by atoms with E-state index < -0.39 is 11.7 Å². The van der Waals surface area contributed by atoms with Crippen LogP contribution in [-0.2, 0) is 11.3 Å². The molecule has 0 bridgehead atoms. The van der Waals surface area contributed by atoms with Gasteiger partial charge in [-0.3, -0.25) is 10.1 Å². The van der Waals surface area contributed by atoms with Crippen molar-refractivity contribution in [1.82, 2.24) is 0 Å². The molecule has 0 heterocycles. The number of methoxy groups -OCH3 is 2. The summed E-state index contributed by atoms with van der Waals surface area (Å²) in [6.07, 6.45) is 0. The van der Waals surface area contributed by atoms with Gasteiger partial charge in [-0.15, -0.1) is 0 Å². The summed E-state index contributed by atoms with van der Waals surface area (Å²) in [5, 5.41) is 19.5. The predicted molar refractivity (Wildman–Crippen MR) is 58.1 cm³/mol. The maximum absolute atomic E-state index is 11.0. The molecule has 7 heteroatoms. The van der Waals surface area contributed by atoms with Gasteiger partial charge in [0, 0.05) is 0 Å². The van der Waals surface area contributed by atoms with E-state index in [1.807, 2.05) is 0 Å². The quantitative estimate of drug-likeness (QED) is 0.456. The number of nitro groups is 1. The number of benzene rings is 1. The predicted octanol–water partition coefficient (Wildman–Crippen LogP) is 1.08. The fraction of sp³-hybridized carbons (Fsp3) is 0.400. The van der Waals surface area contributed by atoms with Crippen molar-refractivity contribution in [3.63, 3.8) is 0 Å². The first-order chi connectivity index (χ1) is 8.15. The third kappa shape index (κ3) is 2.83. The van der Waals surface area contributed by atoms with E-state index in [0.717, 1.165) is 0 Å². The maximum Gasteiger partial charge on any atom is 0.320 e. The lowest BCUT2D eigenvalue weighted by molar-refractivity contribution is -0.387. The lowest BCUT2D eigenvalue weighted by atomic mass is 10.1. The van der Waals surface area contributed by atoms with Crippen LogP contribution in [0.2, 0.25) is 0 Å². The van der Waals surface area contributed by atoms with Crippen LogP contribution in [0.1, 0.15) is 5.56 Å². The number of nitrogens with zero attached hydrogens (tertiary/aromatic N) is 1. The van der Waals surface area contributed by atoms with E-state index in [1.165, 1.54) is 20.3 Å². The van der Waals surface area contributed by atoms with Crippen molar-refractivity contribution in [2.45, 2.75) is 6.61 Å². The number of hydrogen-bond acceptors (Lipinski definition) is 6. The van der Waals surface area contributed by atoms with Crippen molar-refractivity contribution in [1.29, 1.82) is 0 Å². The Morgan fingerprint density at radius 1 is 1.35 bits per heavy atom. The van der Waals surface area contributed by atoms with Gasteiger partial charge in [0.2, 0.25) is 5.75 Å². The summed E-state index contributed by atoms with van der Waals surface area (Å²) in [6.45, 7) is -0.585. The van der Waals surface area contributed by atoms with Crippen LogP contribution in [0.3, 0.4) is 0 Å². The molecule has 0 spiro atoms. The van der Waals surface area contributed by atoms with E-state index in [-0.39, 0.29) is 23.8 Å². The topological polar surface area (TPSA) is 91.1 Å². The standard InChI is InChI=1S/C10H13NO6/c1-15-8-4-3-7(5-17-6-12)9(11(13)14)10(8)16-2/h3-4,12H,5-6H2,1-2H3. The van der Waals surface area contributed by atoms with Crippen LogP contribution < -0.4 is 9.47 Å². The Bertz CT molecular complexity index is 406. The molecule has 0 saturated heterocycles. The minimum Gasteiger partial charge on any atom is -0.493 e. The molecule has 1 aromatic rings. The molecule has 7 nitrogen and oxygen atoms in total. The van der Waals surface area contributed by atoms with Gasteiger partial charge >= 0.3 is 5.69 Å². The minimum absolute atomic E-state index is 0.0385. The van der Waals surface area contributed by atoms with E-state index >= 15 is 0 Å². The fourth-order valence-corrected chi connectivity index (χ4v) is 1.42. The second kappa shape index (κ2) is 6.02. The Morgan fingerprint density at radius 2 is 2.06 bits per heavy atom. The smallest absolute Gasteiger partial charge is 0.320 e. The third-order valence-corrected chi connectivity index (χ3v) is 2.13. The van der Waals surface area contributed by atoms with Crippen molar-refractivity contribution < 1.29 is 24.2 Å². The van der Waals surface area contributed by atoms with Gasteiger partial charge in [-0.1, -0.05) is 0 Å². The normalized spacial score (nSPS) is 10.1. The fourth-order valence-electron chi connectivity index (χ4n) is 1.42. The molecule has 1 aromatic carbocycles. The zero-order valence-corrected chi connectivity index (χ0v) is 9.50. The van der Waals surface area contributed by atoms with E-state index in [9.17, 15) is 10.1 Å². The van der Waals surface area contributed by atoms with Gasteiger partial charge in [0.25, 0.3) is 0 Å². The van der Waals surface area contributed by atoms with E-state index in [0.29, 0.717) is 5.56 Å². The molecule has 1 N–H and O–H groups in total. The van der Waals surface area contributed by atoms with Crippen molar-refractivity contribution in [2.75, 3.05) is 21.0 Å². The lowest BCUT2D eigenvalue weighted by Gasteiger charge is -2.10. The van der Waals surface area contributed by atoms with Crippen LogP contribution in [0.15, 0.2) is 12.1 Å². The number of ether oxygens (including phenoxy) is 3. The second-order valence-corrected chi connectivity index (χ2v) is 3.04. The summed E-state index contributed by atoms with van der Waals surface area (Å²) in [7, 11) is 2.72. The van der Waals surface area contributed by atoms with Gasteiger partial charge in [0.15, 0.2) is 5.75 Å². The van der Waals surface area contributed by atoms with E-state index in [2.05, 4.69) is 0 Å². The monoisotopic (exact) mass is 243 g/mol. The van der Waals surface area contributed by atoms with Crippen LogP contribution in [0.5, 0.6) is 11.5 Å². The highest BCUT2D eigenvalue weighted by atomic mass is 16.6. The molecule has 94 valence electrons. The first kappa shape index (κ1) is 13.2. The van der Waals surface area contributed by atoms with Gasteiger partial charge in [-0.25, -0.2) is 0 Å². The largest absolute Gasteiger partial charge is 0.493 e. The SMILES string of the molecule is COc1ccc(COCO)c([N+](=O)[O-])c1OC. The summed E-state index contributed by atoms with van der Waals surface area (Å²) >= 11 is 0. The molecule has 1 rings (SSSR count). The Labute approximate surface area is 97.7 Å². The van der Waals surface area contributed by atoms with Gasteiger partial charge in [-0.05, 0) is 12.1 Å². The van der Waals surface area contributed by atoms with Gasteiger partial charge in [0.1, 0.15) is 6.79 Å². The third-order valence-electron chi connectivity index (χ3n) is 2.13. The van der Waals surface area contributed by atoms with Crippen LogP contribution >= 0.6 is 0 Å². The van der Waals surface area contributed by atoms with Crippen molar-refractivity contribution >= 4 is 5.69 Å². The van der Waals surface area contributed by atoms with Gasteiger partial charge < -0.3 is 19.3 Å². The van der Waals surface area contributed by atoms with Crippen LogP contribution in [0.4, 0.5) is 5.69 Å². The molecular weight excluding hydrogens is 230 g/mol. The molecule has 0 unspecified atom stereocenters. The molecule has 0 radical (unpaired) electrons. The molecule has 0 fully saturated rings. The molecule has 0 atom stereocenters. The molecule has 0 amide bonds. The zero-order valence-electron chi connectivity index (χ0n) is 9.50. The molecular formula is C10H13NO6. The highest BCUT2D eigenvalue weighted by molar-refractivity contribution is 5.60. The number of aliphatic hydroxyl groups is 1. The Balaban J connectivity index is 3.26. The molecule has 0 aliphatic rings. The summed E-state index contributed by atoms with van der Waals surface area (Å²) in [5.41, 5.74) is 0.0852. The average molecular weight is 243 g/mol. The van der Waals surface area contributed by atoms with Gasteiger partial charge in [0.05, 0.1) is 31.3 Å². The van der Waals surface area contributed by atoms with Crippen LogP contribution in [-0.4, -0.2) is 31.0 Å². The summed E-state index contributed by atoms with van der Waals surface area (Å²) in [4.78, 5) is 10.4. The highest BCUT2D eigenvalue weighted by Gasteiger charge is 2.24. The highest BCUT2D eigenvalue weighted by Crippen LogP contribution is 2.39. The van der Waals surface area contributed by atoms with E-state index in [1.54, 1.807) is 6.07 Å². The zero-order chi connectivity index (χ0) is 12.8. The summed E-state index contributed by atoms with van der Waals surface area (Å²) in [5.74, 6) is 0.309. The maximum atomic E-state index is 11.0. The number of rotatable bonds is 6. The first-order valence-corrected chi connectivity index (χ1v) is 4.72. The molecule has 0 aromatic heterocycles. The molecule has 0 aliphatic carbocycles. The second-order valence-electron chi connectivity index (χ2n) is 3.04. The average Bonchev–Trinajstić information content (AvgIpc) is 2.34. The molecule has 0 saturated carbocycles. The van der Waals surface area contributed by atoms with Crippen molar-refractivity contribution in [2.24, 2.45) is 0 Å². The van der Waals surface area contributed by atoms with E-state index in [4.69, 9.17) is 19.3 Å². The Hall–Kier alpha value is -1.86. The Kier molecular flexibility index (Phi) is 4.68. The summed E-state index contributed by atoms with van der Waals surface area (Å²) in [6, 6.07) is 3.04. The van der Waals surface area contributed by atoms with Gasteiger partial charge in [-0.2, -0.15) is 0 Å². The number of hydrogen-bond donors (Lipinski definition) is 1. The van der Waals surface area contributed by atoms with Crippen LogP contribution in [0.25, 0.3) is 0 Å². The molecule has 0 aliphatic heterocycles. The van der Waals surface area contributed by atoms with Crippen LogP contribution in [0, 0.1) is 10.1 Å². The molecule has 17 heavy (non-hydrogen) atoms. The number of nitro benzene ring substituents is 1. The Morgan fingerprint density at radius 3 is 2.53 bits per heavy atom. The summed E-state index contributed by atoms with van der Waals surface area (Å²) < 4.78 is 14.7. The van der Waals surface area contributed by atoms with Crippen molar-refractivity contribution in [3.05, 3.63) is 27.8 Å². The lowest BCUT2D eigenvalue weighted by Crippen LogP contribution is -2.03. The first-order valence-electron chi connectivity index (χ1n) is 4.72. The van der Waals surface area contributed by atoms with Crippen molar-refractivity contribution in [3.8, 4) is 11.5 Å².